The lowest BCUT2D eigenvalue weighted by atomic mass is 10.1. The summed E-state index contributed by atoms with van der Waals surface area (Å²) in [7, 11) is 0. The number of ether oxygens (including phenoxy) is 3. The van der Waals surface area contributed by atoms with E-state index in [1.165, 1.54) is 180 Å². The molecule has 416 valence electrons. The van der Waals surface area contributed by atoms with Crippen molar-refractivity contribution in [3.8, 4) is 0 Å². The summed E-state index contributed by atoms with van der Waals surface area (Å²) in [6.45, 7) is 6.54. The summed E-state index contributed by atoms with van der Waals surface area (Å²) in [6, 6.07) is 0. The molecule has 0 N–H and O–H groups in total. The van der Waals surface area contributed by atoms with Gasteiger partial charge in [0.2, 0.25) is 0 Å². The first-order chi connectivity index (χ1) is 35.5. The van der Waals surface area contributed by atoms with Crippen LogP contribution in [0.25, 0.3) is 0 Å². The molecule has 72 heavy (non-hydrogen) atoms. The Bertz CT molecular complexity index is 1340. The quantitative estimate of drug-likeness (QED) is 0.0261. The summed E-state index contributed by atoms with van der Waals surface area (Å²) in [5.74, 6) is -0.893. The largest absolute Gasteiger partial charge is 0.462 e. The Morgan fingerprint density at radius 2 is 0.542 bits per heavy atom. The summed E-state index contributed by atoms with van der Waals surface area (Å²) in [6.07, 6.45) is 77.5. The number of allylic oxidation sites excluding steroid dienone is 12. The molecular weight excluding hydrogens is 889 g/mol. The van der Waals surface area contributed by atoms with Gasteiger partial charge >= 0.3 is 17.9 Å². The van der Waals surface area contributed by atoms with Gasteiger partial charge in [-0.25, -0.2) is 0 Å². The lowest BCUT2D eigenvalue weighted by molar-refractivity contribution is -0.167. The number of hydrogen-bond donors (Lipinski definition) is 0. The Balaban J connectivity index is 4.41. The molecular formula is C66H116O6. The number of carbonyl (C=O) groups excluding carboxylic acids is 3. The number of hydrogen-bond acceptors (Lipinski definition) is 6. The average molecular weight is 1010 g/mol. The standard InChI is InChI=1S/C66H116O6/c1-4-7-10-13-16-19-22-25-28-31-33-36-38-41-44-47-50-53-56-59-65(68)71-62-63(61-70-64(67)58-55-52-49-46-43-40-37-34-30-27-24-21-18-15-12-9-6-3)72-66(69)60-57-54-51-48-45-42-39-35-32-29-26-23-20-17-14-11-8-5-2/h7,10,16,19,25,27-30,32-33,36,63H,4-6,8-9,11-15,17-18,20-24,26,31,34-35,37-62H2,1-3H3/b10-7-,19-16-,28-25-,30-27-,32-29-,36-33-. The molecule has 0 bridgehead atoms. The zero-order valence-electron chi connectivity index (χ0n) is 47.7. The lowest BCUT2D eigenvalue weighted by Crippen LogP contribution is -2.30. The first-order valence-electron chi connectivity index (χ1n) is 30.9. The van der Waals surface area contributed by atoms with E-state index in [0.29, 0.717) is 19.3 Å². The number of carbonyl (C=O) groups is 3. The number of rotatable bonds is 56. The number of esters is 3. The second-order valence-electron chi connectivity index (χ2n) is 20.6. The van der Waals surface area contributed by atoms with Crippen LogP contribution in [0.3, 0.4) is 0 Å². The van der Waals surface area contributed by atoms with Gasteiger partial charge in [0.05, 0.1) is 0 Å². The minimum absolute atomic E-state index is 0.0829. The van der Waals surface area contributed by atoms with E-state index in [4.69, 9.17) is 14.2 Å². The maximum Gasteiger partial charge on any atom is 0.306 e. The molecule has 0 aliphatic carbocycles. The third-order valence-corrected chi connectivity index (χ3v) is 13.4. The second-order valence-corrected chi connectivity index (χ2v) is 20.6. The van der Waals surface area contributed by atoms with Crippen molar-refractivity contribution in [2.24, 2.45) is 0 Å². The minimum atomic E-state index is -0.786. The molecule has 0 saturated carbocycles. The van der Waals surface area contributed by atoms with Crippen molar-refractivity contribution in [2.45, 2.75) is 316 Å². The maximum atomic E-state index is 12.9. The van der Waals surface area contributed by atoms with E-state index in [2.05, 4.69) is 93.7 Å². The maximum absolute atomic E-state index is 12.9. The molecule has 0 rings (SSSR count). The molecule has 0 spiro atoms. The first-order valence-corrected chi connectivity index (χ1v) is 30.9. The Morgan fingerprint density at radius 1 is 0.292 bits per heavy atom. The molecule has 1 unspecified atom stereocenters. The highest BCUT2D eigenvalue weighted by Gasteiger charge is 2.19. The zero-order chi connectivity index (χ0) is 52.2. The number of unbranched alkanes of at least 4 members (excludes halogenated alkanes) is 33. The van der Waals surface area contributed by atoms with Crippen molar-refractivity contribution in [2.75, 3.05) is 13.2 Å². The molecule has 0 aromatic rings. The molecule has 0 amide bonds. The van der Waals surface area contributed by atoms with Crippen LogP contribution in [0.15, 0.2) is 72.9 Å². The van der Waals surface area contributed by atoms with Crippen molar-refractivity contribution < 1.29 is 28.6 Å². The van der Waals surface area contributed by atoms with Crippen LogP contribution in [0, 0.1) is 0 Å². The van der Waals surface area contributed by atoms with Crippen LogP contribution >= 0.6 is 0 Å². The van der Waals surface area contributed by atoms with Crippen LogP contribution in [0.4, 0.5) is 0 Å². The highest BCUT2D eigenvalue weighted by Crippen LogP contribution is 2.16. The summed E-state index contributed by atoms with van der Waals surface area (Å²) < 4.78 is 16.9. The third-order valence-electron chi connectivity index (χ3n) is 13.4. The first kappa shape index (κ1) is 68.8. The Labute approximate surface area is 446 Å². The molecule has 6 heteroatoms. The van der Waals surface area contributed by atoms with E-state index in [0.717, 1.165) is 89.9 Å². The van der Waals surface area contributed by atoms with Gasteiger partial charge in [-0.15, -0.1) is 0 Å². The van der Waals surface area contributed by atoms with Crippen molar-refractivity contribution in [3.63, 3.8) is 0 Å². The van der Waals surface area contributed by atoms with Crippen molar-refractivity contribution in [1.29, 1.82) is 0 Å². The fraction of sp³-hybridized carbons (Fsp3) is 0.773. The Kier molecular flexibility index (Phi) is 57.8. The highest BCUT2D eigenvalue weighted by atomic mass is 16.6. The van der Waals surface area contributed by atoms with E-state index in [1.54, 1.807) is 0 Å². The van der Waals surface area contributed by atoms with E-state index in [9.17, 15) is 14.4 Å². The molecule has 1 atom stereocenters. The fourth-order valence-electron chi connectivity index (χ4n) is 8.78. The van der Waals surface area contributed by atoms with Crippen LogP contribution in [-0.2, 0) is 28.6 Å². The summed E-state index contributed by atoms with van der Waals surface area (Å²) in [5.41, 5.74) is 0. The van der Waals surface area contributed by atoms with Crippen LogP contribution in [0.5, 0.6) is 0 Å². The van der Waals surface area contributed by atoms with Crippen LogP contribution in [0.2, 0.25) is 0 Å². The van der Waals surface area contributed by atoms with E-state index in [1.807, 2.05) is 0 Å². The predicted octanol–water partition coefficient (Wildman–Crippen LogP) is 20.9. The Morgan fingerprint density at radius 3 is 0.861 bits per heavy atom. The fourth-order valence-corrected chi connectivity index (χ4v) is 8.78. The van der Waals surface area contributed by atoms with Crippen LogP contribution in [0.1, 0.15) is 310 Å². The summed E-state index contributed by atoms with van der Waals surface area (Å²) in [5, 5.41) is 0. The van der Waals surface area contributed by atoms with Crippen molar-refractivity contribution in [1.82, 2.24) is 0 Å². The van der Waals surface area contributed by atoms with Crippen LogP contribution in [-0.4, -0.2) is 37.2 Å². The van der Waals surface area contributed by atoms with Crippen LogP contribution < -0.4 is 0 Å². The topological polar surface area (TPSA) is 78.9 Å². The molecule has 0 heterocycles. The van der Waals surface area contributed by atoms with Gasteiger partial charge < -0.3 is 14.2 Å². The van der Waals surface area contributed by atoms with E-state index >= 15 is 0 Å². The highest BCUT2D eigenvalue weighted by molar-refractivity contribution is 5.71. The van der Waals surface area contributed by atoms with Gasteiger partial charge in [-0.3, -0.25) is 14.4 Å². The van der Waals surface area contributed by atoms with Gasteiger partial charge in [-0.2, -0.15) is 0 Å². The van der Waals surface area contributed by atoms with Gasteiger partial charge in [0.15, 0.2) is 6.10 Å². The SMILES string of the molecule is CC/C=C\C/C=C\C/C=C\C/C=C\CCCCCCCCC(=O)OCC(COC(=O)CCCCCCCCC/C=C\CCCCCCCC)OC(=O)CCCCCCCCC/C=C\CCCCCCCCC. The average Bonchev–Trinajstić information content (AvgIpc) is 3.38. The molecule has 0 aliphatic heterocycles. The zero-order valence-corrected chi connectivity index (χ0v) is 47.7. The molecule has 0 aromatic carbocycles. The molecule has 0 saturated heterocycles. The van der Waals surface area contributed by atoms with E-state index < -0.39 is 6.10 Å². The summed E-state index contributed by atoms with van der Waals surface area (Å²) in [4.78, 5) is 38.3. The monoisotopic (exact) mass is 1000 g/mol. The normalized spacial score (nSPS) is 12.5. The smallest absolute Gasteiger partial charge is 0.306 e. The minimum Gasteiger partial charge on any atom is -0.462 e. The lowest BCUT2D eigenvalue weighted by Gasteiger charge is -2.18. The molecule has 0 aromatic heterocycles. The van der Waals surface area contributed by atoms with Gasteiger partial charge in [-0.1, -0.05) is 254 Å². The van der Waals surface area contributed by atoms with E-state index in [-0.39, 0.29) is 31.1 Å². The third kappa shape index (κ3) is 57.7. The molecule has 6 nitrogen and oxygen atoms in total. The van der Waals surface area contributed by atoms with Crippen molar-refractivity contribution in [3.05, 3.63) is 72.9 Å². The van der Waals surface area contributed by atoms with Gasteiger partial charge in [0, 0.05) is 19.3 Å². The van der Waals surface area contributed by atoms with Gasteiger partial charge in [0.1, 0.15) is 13.2 Å². The second kappa shape index (κ2) is 60.4. The predicted molar refractivity (Wildman–Crippen MR) is 311 cm³/mol. The molecule has 0 aliphatic rings. The van der Waals surface area contributed by atoms with Gasteiger partial charge in [0.25, 0.3) is 0 Å². The Hall–Kier alpha value is -3.15. The molecule has 0 fully saturated rings. The van der Waals surface area contributed by atoms with Crippen molar-refractivity contribution >= 4 is 17.9 Å². The van der Waals surface area contributed by atoms with Gasteiger partial charge in [-0.05, 0) is 109 Å². The summed E-state index contributed by atoms with van der Waals surface area (Å²) >= 11 is 0. The molecule has 0 radical (unpaired) electrons.